The van der Waals surface area contributed by atoms with Crippen LogP contribution in [-0.4, -0.2) is 35.0 Å². The number of hydrogen-bond acceptors (Lipinski definition) is 3. The quantitative estimate of drug-likeness (QED) is 0.621. The fraction of sp³-hybridized carbons (Fsp3) is 0.643. The van der Waals surface area contributed by atoms with Crippen molar-refractivity contribution in [3.63, 3.8) is 0 Å². The van der Waals surface area contributed by atoms with Gasteiger partial charge in [0.05, 0.1) is 6.61 Å². The van der Waals surface area contributed by atoms with Crippen LogP contribution in [-0.2, 0) is 9.47 Å². The van der Waals surface area contributed by atoms with Crippen molar-refractivity contribution in [3.8, 4) is 11.8 Å². The molecule has 0 aromatic rings. The van der Waals surface area contributed by atoms with E-state index in [0.717, 1.165) is 0 Å². The van der Waals surface area contributed by atoms with Crippen molar-refractivity contribution in [1.82, 2.24) is 4.90 Å². The zero-order chi connectivity index (χ0) is 14.0. The van der Waals surface area contributed by atoms with Gasteiger partial charge >= 0.3 is 6.09 Å². The Bertz CT molecular complexity index is 395. The number of ether oxygens (including phenoxy) is 2. The molecule has 0 unspecified atom stereocenters. The third-order valence-corrected chi connectivity index (χ3v) is 2.43. The molecule has 18 heavy (non-hydrogen) atoms. The Morgan fingerprint density at radius 1 is 1.56 bits per heavy atom. The number of hydrogen-bond donors (Lipinski definition) is 0. The zero-order valence-electron chi connectivity index (χ0n) is 11.7. The molecule has 0 bridgehead atoms. The van der Waals surface area contributed by atoms with Gasteiger partial charge in [0.1, 0.15) is 17.4 Å². The van der Waals surface area contributed by atoms with Crippen LogP contribution >= 0.6 is 0 Å². The van der Waals surface area contributed by atoms with Crippen molar-refractivity contribution in [2.24, 2.45) is 0 Å². The lowest BCUT2D eigenvalue weighted by Crippen LogP contribution is -2.49. The smallest absolute Gasteiger partial charge is 0.413 e. The molecular formula is C14H21NO3. The first-order valence-corrected chi connectivity index (χ1v) is 5.95. The molecule has 100 valence electrons. The fourth-order valence-corrected chi connectivity index (χ4v) is 1.72. The SMILES string of the molecule is C=CC#C[C@@H]1COC(C)(C)N1C(=O)OC(C)(C)C. The molecule has 0 spiro atoms. The van der Waals surface area contributed by atoms with Crippen molar-refractivity contribution in [2.75, 3.05) is 6.61 Å². The van der Waals surface area contributed by atoms with Crippen molar-refractivity contribution < 1.29 is 14.3 Å². The second-order valence-electron chi connectivity index (χ2n) is 5.62. The summed E-state index contributed by atoms with van der Waals surface area (Å²) in [5.41, 5.74) is -1.24. The first kappa shape index (κ1) is 14.6. The molecule has 1 heterocycles. The third-order valence-electron chi connectivity index (χ3n) is 2.43. The van der Waals surface area contributed by atoms with Crippen molar-refractivity contribution in [3.05, 3.63) is 12.7 Å². The Morgan fingerprint density at radius 2 is 2.17 bits per heavy atom. The van der Waals surface area contributed by atoms with Crippen LogP contribution in [0.15, 0.2) is 12.7 Å². The van der Waals surface area contributed by atoms with Gasteiger partial charge in [-0.15, -0.1) is 0 Å². The molecule has 1 fully saturated rings. The lowest BCUT2D eigenvalue weighted by atomic mass is 10.2. The standard InChI is InChI=1S/C14H21NO3/c1-7-8-9-11-10-17-14(5,6)15(11)12(16)18-13(2,3)4/h7,11H,1,10H2,2-6H3/t11-/m1/s1. The van der Waals surface area contributed by atoms with Crippen LogP contribution in [0.2, 0.25) is 0 Å². The van der Waals surface area contributed by atoms with E-state index >= 15 is 0 Å². The Balaban J connectivity index is 2.92. The van der Waals surface area contributed by atoms with E-state index in [-0.39, 0.29) is 6.04 Å². The molecule has 1 amide bonds. The molecule has 1 aliphatic rings. The minimum Gasteiger partial charge on any atom is -0.444 e. The average molecular weight is 251 g/mol. The molecule has 1 rings (SSSR count). The number of amides is 1. The largest absolute Gasteiger partial charge is 0.444 e. The Morgan fingerprint density at radius 3 is 2.67 bits per heavy atom. The summed E-state index contributed by atoms with van der Waals surface area (Å²) in [5, 5.41) is 0. The lowest BCUT2D eigenvalue weighted by molar-refractivity contribution is -0.0608. The van der Waals surface area contributed by atoms with Gasteiger partial charge in [0.25, 0.3) is 0 Å². The zero-order valence-corrected chi connectivity index (χ0v) is 11.7. The Hall–Kier alpha value is -1.47. The maximum absolute atomic E-state index is 12.2. The van der Waals surface area contributed by atoms with Crippen molar-refractivity contribution >= 4 is 6.09 Å². The first-order valence-electron chi connectivity index (χ1n) is 5.95. The normalized spacial score (nSPS) is 22.1. The van der Waals surface area contributed by atoms with E-state index in [9.17, 15) is 4.79 Å². The summed E-state index contributed by atoms with van der Waals surface area (Å²) in [5.74, 6) is 5.70. The molecule has 0 aliphatic carbocycles. The highest BCUT2D eigenvalue weighted by Gasteiger charge is 2.45. The monoisotopic (exact) mass is 251 g/mol. The fourth-order valence-electron chi connectivity index (χ4n) is 1.72. The van der Waals surface area contributed by atoms with E-state index in [2.05, 4.69) is 18.4 Å². The second-order valence-corrected chi connectivity index (χ2v) is 5.62. The van der Waals surface area contributed by atoms with Gasteiger partial charge in [-0.25, -0.2) is 4.79 Å². The molecule has 1 saturated heterocycles. The van der Waals surface area contributed by atoms with Gasteiger partial charge in [-0.2, -0.15) is 0 Å². The lowest BCUT2D eigenvalue weighted by Gasteiger charge is -2.33. The summed E-state index contributed by atoms with van der Waals surface area (Å²) in [6, 6.07) is -0.298. The molecule has 0 saturated carbocycles. The molecule has 4 nitrogen and oxygen atoms in total. The van der Waals surface area contributed by atoms with E-state index in [0.29, 0.717) is 6.61 Å². The summed E-state index contributed by atoms with van der Waals surface area (Å²) in [4.78, 5) is 13.7. The van der Waals surface area contributed by atoms with Crippen molar-refractivity contribution in [2.45, 2.75) is 52.0 Å². The minimum absolute atomic E-state index is 0.298. The number of nitrogens with zero attached hydrogens (tertiary/aromatic N) is 1. The molecule has 0 radical (unpaired) electrons. The van der Waals surface area contributed by atoms with Crippen LogP contribution in [0.1, 0.15) is 34.6 Å². The summed E-state index contributed by atoms with van der Waals surface area (Å²) in [6.45, 7) is 13.1. The summed E-state index contributed by atoms with van der Waals surface area (Å²) < 4.78 is 11.0. The van der Waals surface area contributed by atoms with Crippen LogP contribution < -0.4 is 0 Å². The summed E-state index contributed by atoms with van der Waals surface area (Å²) in [7, 11) is 0. The van der Waals surface area contributed by atoms with E-state index < -0.39 is 17.4 Å². The minimum atomic E-state index is -0.706. The van der Waals surface area contributed by atoms with E-state index in [1.165, 1.54) is 11.0 Å². The summed E-state index contributed by atoms with van der Waals surface area (Å²) in [6.07, 6.45) is 1.09. The van der Waals surface area contributed by atoms with Gasteiger partial charge in [0.2, 0.25) is 0 Å². The van der Waals surface area contributed by atoms with Crippen LogP contribution in [0.4, 0.5) is 4.79 Å². The summed E-state index contributed by atoms with van der Waals surface area (Å²) >= 11 is 0. The maximum atomic E-state index is 12.2. The number of carbonyl (C=O) groups excluding carboxylic acids is 1. The van der Waals surface area contributed by atoms with Gasteiger partial charge in [-0.3, -0.25) is 4.90 Å². The highest BCUT2D eigenvalue weighted by atomic mass is 16.6. The molecule has 0 aromatic heterocycles. The number of allylic oxidation sites excluding steroid dienone is 1. The van der Waals surface area contributed by atoms with E-state index in [1.807, 2.05) is 34.6 Å². The van der Waals surface area contributed by atoms with Gasteiger partial charge in [-0.1, -0.05) is 18.4 Å². The molecule has 1 atom stereocenters. The van der Waals surface area contributed by atoms with Crippen molar-refractivity contribution in [1.29, 1.82) is 0 Å². The van der Waals surface area contributed by atoms with E-state index in [4.69, 9.17) is 9.47 Å². The van der Waals surface area contributed by atoms with Crippen LogP contribution in [0.5, 0.6) is 0 Å². The Kier molecular flexibility index (Phi) is 4.08. The van der Waals surface area contributed by atoms with Crippen LogP contribution in [0, 0.1) is 11.8 Å². The maximum Gasteiger partial charge on any atom is 0.413 e. The molecule has 0 N–H and O–H groups in total. The number of rotatable bonds is 0. The topological polar surface area (TPSA) is 38.8 Å². The third kappa shape index (κ3) is 3.51. The predicted molar refractivity (Wildman–Crippen MR) is 69.9 cm³/mol. The Labute approximate surface area is 109 Å². The highest BCUT2D eigenvalue weighted by molar-refractivity contribution is 5.70. The van der Waals surface area contributed by atoms with Gasteiger partial charge in [0.15, 0.2) is 0 Å². The van der Waals surface area contributed by atoms with Gasteiger partial charge in [0, 0.05) is 0 Å². The second kappa shape index (κ2) is 5.03. The average Bonchev–Trinajstić information content (AvgIpc) is 2.48. The van der Waals surface area contributed by atoms with Crippen LogP contribution in [0.3, 0.4) is 0 Å². The first-order chi connectivity index (χ1) is 8.17. The highest BCUT2D eigenvalue weighted by Crippen LogP contribution is 2.28. The van der Waals surface area contributed by atoms with Crippen LogP contribution in [0.25, 0.3) is 0 Å². The number of carbonyl (C=O) groups is 1. The predicted octanol–water partition coefficient (Wildman–Crippen LogP) is 2.55. The van der Waals surface area contributed by atoms with E-state index in [1.54, 1.807) is 0 Å². The van der Waals surface area contributed by atoms with Gasteiger partial charge in [-0.05, 0) is 40.7 Å². The van der Waals surface area contributed by atoms with Gasteiger partial charge < -0.3 is 9.47 Å². The molecule has 4 heteroatoms. The molecule has 0 aromatic carbocycles. The molecule has 1 aliphatic heterocycles. The molecular weight excluding hydrogens is 230 g/mol.